The lowest BCUT2D eigenvalue weighted by molar-refractivity contribution is 0.414. The number of methoxy groups -OCH3 is 1. The van der Waals surface area contributed by atoms with Gasteiger partial charge in [-0.15, -0.1) is 10.2 Å². The average Bonchev–Trinajstić information content (AvgIpc) is 2.88. The molecule has 1 aromatic carbocycles. The standard InChI is InChI=1S/C15H20N4O/c1-20-13-6-2-11(3-7-13)4-8-14-17-18-15-9-5-12(16)10-19(14)15/h2-3,6-7,12H,4-5,8-10,16H2,1H3. The van der Waals surface area contributed by atoms with Crippen molar-refractivity contribution >= 4 is 0 Å². The van der Waals surface area contributed by atoms with E-state index in [9.17, 15) is 0 Å². The molecule has 2 N–H and O–H groups in total. The largest absolute Gasteiger partial charge is 0.497 e. The highest BCUT2D eigenvalue weighted by atomic mass is 16.5. The highest BCUT2D eigenvalue weighted by Gasteiger charge is 2.19. The fourth-order valence-corrected chi connectivity index (χ4v) is 2.64. The van der Waals surface area contributed by atoms with Gasteiger partial charge in [0.1, 0.15) is 17.4 Å². The summed E-state index contributed by atoms with van der Waals surface area (Å²) in [5.41, 5.74) is 7.31. The van der Waals surface area contributed by atoms with E-state index in [1.54, 1.807) is 7.11 Å². The molecule has 2 heterocycles. The van der Waals surface area contributed by atoms with Gasteiger partial charge in [-0.05, 0) is 30.5 Å². The minimum Gasteiger partial charge on any atom is -0.497 e. The molecule has 1 aliphatic rings. The van der Waals surface area contributed by atoms with Crippen LogP contribution >= 0.6 is 0 Å². The maximum absolute atomic E-state index is 6.03. The van der Waals surface area contributed by atoms with Crippen molar-refractivity contribution in [1.29, 1.82) is 0 Å². The van der Waals surface area contributed by atoms with Gasteiger partial charge in [-0.1, -0.05) is 12.1 Å². The number of nitrogens with zero attached hydrogens (tertiary/aromatic N) is 3. The Balaban J connectivity index is 1.67. The lowest BCUT2D eigenvalue weighted by Gasteiger charge is -2.20. The van der Waals surface area contributed by atoms with Crippen LogP contribution in [-0.4, -0.2) is 27.9 Å². The molecule has 3 rings (SSSR count). The van der Waals surface area contributed by atoms with Gasteiger partial charge in [-0.2, -0.15) is 0 Å². The molecule has 0 saturated heterocycles. The molecule has 5 nitrogen and oxygen atoms in total. The summed E-state index contributed by atoms with van der Waals surface area (Å²) in [5.74, 6) is 3.02. The van der Waals surface area contributed by atoms with Crippen LogP contribution in [0.5, 0.6) is 5.75 Å². The van der Waals surface area contributed by atoms with Gasteiger partial charge in [0.2, 0.25) is 0 Å². The maximum atomic E-state index is 6.03. The van der Waals surface area contributed by atoms with Crippen molar-refractivity contribution in [2.45, 2.75) is 38.3 Å². The third kappa shape index (κ3) is 2.67. The zero-order valence-corrected chi connectivity index (χ0v) is 11.7. The third-order valence-electron chi connectivity index (χ3n) is 3.86. The van der Waals surface area contributed by atoms with Crippen LogP contribution in [0, 0.1) is 0 Å². The molecular formula is C15H20N4O. The van der Waals surface area contributed by atoms with Crippen LogP contribution in [0.1, 0.15) is 23.6 Å². The van der Waals surface area contributed by atoms with E-state index in [1.165, 1.54) is 5.56 Å². The molecule has 0 amide bonds. The number of hydrogen-bond acceptors (Lipinski definition) is 4. The maximum Gasteiger partial charge on any atom is 0.133 e. The Morgan fingerprint density at radius 3 is 2.80 bits per heavy atom. The molecule has 20 heavy (non-hydrogen) atoms. The summed E-state index contributed by atoms with van der Waals surface area (Å²) < 4.78 is 7.36. The molecule has 0 radical (unpaired) electrons. The van der Waals surface area contributed by atoms with Crippen LogP contribution in [-0.2, 0) is 25.8 Å². The summed E-state index contributed by atoms with van der Waals surface area (Å²) >= 11 is 0. The van der Waals surface area contributed by atoms with Gasteiger partial charge in [-0.25, -0.2) is 0 Å². The van der Waals surface area contributed by atoms with E-state index in [-0.39, 0.29) is 6.04 Å². The number of hydrogen-bond donors (Lipinski definition) is 1. The van der Waals surface area contributed by atoms with Gasteiger partial charge in [0.15, 0.2) is 0 Å². The highest BCUT2D eigenvalue weighted by Crippen LogP contribution is 2.16. The van der Waals surface area contributed by atoms with E-state index in [0.29, 0.717) is 0 Å². The zero-order valence-electron chi connectivity index (χ0n) is 11.7. The van der Waals surface area contributed by atoms with E-state index in [2.05, 4.69) is 26.9 Å². The van der Waals surface area contributed by atoms with Crippen LogP contribution in [0.2, 0.25) is 0 Å². The number of aromatic nitrogens is 3. The van der Waals surface area contributed by atoms with Crippen molar-refractivity contribution in [3.63, 3.8) is 0 Å². The average molecular weight is 272 g/mol. The van der Waals surface area contributed by atoms with E-state index in [0.717, 1.165) is 49.6 Å². The SMILES string of the molecule is COc1ccc(CCc2nnc3n2CC(N)CC3)cc1. The molecule has 1 unspecified atom stereocenters. The number of rotatable bonds is 4. The van der Waals surface area contributed by atoms with Gasteiger partial charge in [0.05, 0.1) is 7.11 Å². The monoisotopic (exact) mass is 272 g/mol. The Bertz CT molecular complexity index is 576. The smallest absolute Gasteiger partial charge is 0.133 e. The van der Waals surface area contributed by atoms with Crippen molar-refractivity contribution in [3.05, 3.63) is 41.5 Å². The Labute approximate surface area is 118 Å². The van der Waals surface area contributed by atoms with Crippen molar-refractivity contribution < 1.29 is 4.74 Å². The third-order valence-corrected chi connectivity index (χ3v) is 3.86. The lowest BCUT2D eigenvalue weighted by atomic mass is 10.1. The first-order chi connectivity index (χ1) is 9.76. The molecule has 1 aliphatic heterocycles. The summed E-state index contributed by atoms with van der Waals surface area (Å²) in [6.07, 6.45) is 3.80. The Kier molecular flexibility index (Phi) is 3.69. The van der Waals surface area contributed by atoms with Crippen LogP contribution in [0.15, 0.2) is 24.3 Å². The Morgan fingerprint density at radius 1 is 1.25 bits per heavy atom. The Hall–Kier alpha value is -1.88. The first-order valence-corrected chi connectivity index (χ1v) is 7.05. The summed E-state index contributed by atoms with van der Waals surface area (Å²) in [6, 6.07) is 8.41. The molecule has 0 saturated carbocycles. The summed E-state index contributed by atoms with van der Waals surface area (Å²) in [6.45, 7) is 0.847. The zero-order chi connectivity index (χ0) is 13.9. The van der Waals surface area contributed by atoms with Gasteiger partial charge in [0, 0.05) is 25.4 Å². The molecule has 106 valence electrons. The van der Waals surface area contributed by atoms with E-state index < -0.39 is 0 Å². The summed E-state index contributed by atoms with van der Waals surface area (Å²) in [5, 5.41) is 8.58. The Morgan fingerprint density at radius 2 is 2.05 bits per heavy atom. The number of fused-ring (bicyclic) bond motifs is 1. The molecule has 2 aromatic rings. The first-order valence-electron chi connectivity index (χ1n) is 7.05. The second-order valence-corrected chi connectivity index (χ2v) is 5.29. The molecule has 1 atom stereocenters. The van der Waals surface area contributed by atoms with Crippen molar-refractivity contribution in [2.24, 2.45) is 5.73 Å². The fourth-order valence-electron chi connectivity index (χ4n) is 2.64. The van der Waals surface area contributed by atoms with Gasteiger partial charge >= 0.3 is 0 Å². The highest BCUT2D eigenvalue weighted by molar-refractivity contribution is 5.27. The second-order valence-electron chi connectivity index (χ2n) is 5.29. The number of ether oxygens (including phenoxy) is 1. The second kappa shape index (κ2) is 5.63. The van der Waals surface area contributed by atoms with Crippen LogP contribution in [0.25, 0.3) is 0 Å². The molecule has 0 fully saturated rings. The predicted molar refractivity (Wildman–Crippen MR) is 76.7 cm³/mol. The normalized spacial score (nSPS) is 17.8. The number of aryl methyl sites for hydroxylation is 3. The van der Waals surface area contributed by atoms with E-state index in [1.807, 2.05) is 12.1 Å². The van der Waals surface area contributed by atoms with Gasteiger partial charge in [-0.3, -0.25) is 0 Å². The van der Waals surface area contributed by atoms with Crippen molar-refractivity contribution in [1.82, 2.24) is 14.8 Å². The van der Waals surface area contributed by atoms with Crippen LogP contribution in [0.4, 0.5) is 0 Å². The number of benzene rings is 1. The van der Waals surface area contributed by atoms with E-state index in [4.69, 9.17) is 10.5 Å². The minimum atomic E-state index is 0.234. The topological polar surface area (TPSA) is 66.0 Å². The van der Waals surface area contributed by atoms with Crippen molar-refractivity contribution in [2.75, 3.05) is 7.11 Å². The van der Waals surface area contributed by atoms with Crippen molar-refractivity contribution in [3.8, 4) is 5.75 Å². The molecule has 0 aliphatic carbocycles. The van der Waals surface area contributed by atoms with Crippen LogP contribution in [0.3, 0.4) is 0 Å². The summed E-state index contributed by atoms with van der Waals surface area (Å²) in [4.78, 5) is 0. The molecule has 0 bridgehead atoms. The molecule has 1 aromatic heterocycles. The summed E-state index contributed by atoms with van der Waals surface area (Å²) in [7, 11) is 1.68. The predicted octanol–water partition coefficient (Wildman–Crippen LogP) is 1.35. The minimum absolute atomic E-state index is 0.234. The quantitative estimate of drug-likeness (QED) is 0.912. The fraction of sp³-hybridized carbons (Fsp3) is 0.467. The van der Waals surface area contributed by atoms with Crippen LogP contribution < -0.4 is 10.5 Å². The molecule has 5 heteroatoms. The lowest BCUT2D eigenvalue weighted by Crippen LogP contribution is -2.32. The molecular weight excluding hydrogens is 252 g/mol. The number of nitrogens with two attached hydrogens (primary N) is 1. The van der Waals surface area contributed by atoms with Gasteiger partial charge < -0.3 is 15.0 Å². The first kappa shape index (κ1) is 13.1. The molecule has 0 spiro atoms. The van der Waals surface area contributed by atoms with Gasteiger partial charge in [0.25, 0.3) is 0 Å². The van der Waals surface area contributed by atoms with E-state index >= 15 is 0 Å².